The van der Waals surface area contributed by atoms with E-state index in [4.69, 9.17) is 16.3 Å². The molecule has 0 saturated heterocycles. The fourth-order valence-corrected chi connectivity index (χ4v) is 3.72. The second kappa shape index (κ2) is 9.76. The molecule has 3 rings (SSSR count). The molecule has 154 valence electrons. The number of hydrogen-bond donors (Lipinski definition) is 1. The van der Waals surface area contributed by atoms with Crippen LogP contribution in [0.2, 0.25) is 5.02 Å². The van der Waals surface area contributed by atoms with E-state index in [0.717, 1.165) is 18.7 Å². The standard InChI is InChI=1S/C22H26ClN3O3/c1-3-25(4-2)19(16-8-6-5-7-9-16)13-24-21(27)14-26-18-12-17(23)10-11-20(18)29-15-22(26)28/h5-12,19H,3-4,13-15H2,1-2H3,(H,24,27). The Balaban J connectivity index is 1.70. The van der Waals surface area contributed by atoms with Crippen LogP contribution in [0.15, 0.2) is 48.5 Å². The summed E-state index contributed by atoms with van der Waals surface area (Å²) in [6.45, 7) is 6.26. The van der Waals surface area contributed by atoms with Crippen molar-refractivity contribution in [2.24, 2.45) is 0 Å². The summed E-state index contributed by atoms with van der Waals surface area (Å²) in [6, 6.07) is 15.2. The van der Waals surface area contributed by atoms with E-state index in [2.05, 4.69) is 36.2 Å². The lowest BCUT2D eigenvalue weighted by Crippen LogP contribution is -2.46. The van der Waals surface area contributed by atoms with Crippen LogP contribution in [-0.4, -0.2) is 49.5 Å². The Kier molecular flexibility index (Phi) is 7.12. The molecular weight excluding hydrogens is 390 g/mol. The first-order valence-electron chi connectivity index (χ1n) is 9.81. The summed E-state index contributed by atoms with van der Waals surface area (Å²) in [7, 11) is 0. The Hall–Kier alpha value is -2.57. The van der Waals surface area contributed by atoms with Gasteiger partial charge in [-0.2, -0.15) is 0 Å². The van der Waals surface area contributed by atoms with Gasteiger partial charge in [0.25, 0.3) is 5.91 Å². The van der Waals surface area contributed by atoms with Crippen molar-refractivity contribution in [2.45, 2.75) is 19.9 Å². The van der Waals surface area contributed by atoms with Crippen molar-refractivity contribution in [3.8, 4) is 5.75 Å². The highest BCUT2D eigenvalue weighted by atomic mass is 35.5. The van der Waals surface area contributed by atoms with Crippen molar-refractivity contribution in [1.82, 2.24) is 10.2 Å². The van der Waals surface area contributed by atoms with Gasteiger partial charge in [0, 0.05) is 11.6 Å². The Morgan fingerprint density at radius 2 is 1.93 bits per heavy atom. The van der Waals surface area contributed by atoms with E-state index in [1.807, 2.05) is 18.2 Å². The highest BCUT2D eigenvalue weighted by molar-refractivity contribution is 6.31. The molecule has 0 bridgehead atoms. The number of hydrogen-bond acceptors (Lipinski definition) is 4. The number of likely N-dealkylation sites (N-methyl/N-ethyl adjacent to an activating group) is 1. The molecule has 6 nitrogen and oxygen atoms in total. The van der Waals surface area contributed by atoms with Crippen LogP contribution in [-0.2, 0) is 9.59 Å². The van der Waals surface area contributed by atoms with Crippen LogP contribution in [0.1, 0.15) is 25.5 Å². The van der Waals surface area contributed by atoms with Gasteiger partial charge in [-0.3, -0.25) is 19.4 Å². The summed E-state index contributed by atoms with van der Waals surface area (Å²) >= 11 is 6.06. The van der Waals surface area contributed by atoms with Crippen molar-refractivity contribution >= 4 is 29.1 Å². The number of rotatable bonds is 8. The minimum absolute atomic E-state index is 0.0669. The van der Waals surface area contributed by atoms with E-state index in [-0.39, 0.29) is 31.0 Å². The lowest BCUT2D eigenvalue weighted by atomic mass is 10.1. The summed E-state index contributed by atoms with van der Waals surface area (Å²) < 4.78 is 5.43. The van der Waals surface area contributed by atoms with Crippen LogP contribution in [0, 0.1) is 0 Å². The van der Waals surface area contributed by atoms with Crippen molar-refractivity contribution < 1.29 is 14.3 Å². The number of amides is 2. The predicted octanol–water partition coefficient (Wildman–Crippen LogP) is 3.26. The maximum Gasteiger partial charge on any atom is 0.265 e. The molecule has 1 atom stereocenters. The van der Waals surface area contributed by atoms with Gasteiger partial charge >= 0.3 is 0 Å². The average Bonchev–Trinajstić information content (AvgIpc) is 2.74. The molecule has 1 unspecified atom stereocenters. The highest BCUT2D eigenvalue weighted by Crippen LogP contribution is 2.34. The molecule has 0 radical (unpaired) electrons. The van der Waals surface area contributed by atoms with Gasteiger partial charge in [0.1, 0.15) is 12.3 Å². The van der Waals surface area contributed by atoms with Crippen LogP contribution in [0.25, 0.3) is 0 Å². The van der Waals surface area contributed by atoms with Gasteiger partial charge in [-0.1, -0.05) is 55.8 Å². The molecule has 1 aliphatic rings. The number of halogens is 1. The Bertz CT molecular complexity index is 856. The van der Waals surface area contributed by atoms with Gasteiger partial charge in [0.15, 0.2) is 6.61 Å². The van der Waals surface area contributed by atoms with Gasteiger partial charge in [-0.05, 0) is 36.9 Å². The minimum Gasteiger partial charge on any atom is -0.482 e. The monoisotopic (exact) mass is 415 g/mol. The molecular formula is C22H26ClN3O3. The van der Waals surface area contributed by atoms with Crippen LogP contribution < -0.4 is 15.0 Å². The summed E-state index contributed by atoms with van der Waals surface area (Å²) in [6.07, 6.45) is 0. The fraction of sp³-hybridized carbons (Fsp3) is 0.364. The van der Waals surface area contributed by atoms with Crippen LogP contribution in [0.5, 0.6) is 5.75 Å². The van der Waals surface area contributed by atoms with Crippen molar-refractivity contribution in [3.63, 3.8) is 0 Å². The van der Waals surface area contributed by atoms with E-state index in [1.54, 1.807) is 18.2 Å². The molecule has 2 aromatic carbocycles. The number of fused-ring (bicyclic) bond motifs is 1. The first-order chi connectivity index (χ1) is 14.0. The number of nitrogens with zero attached hydrogens (tertiary/aromatic N) is 2. The number of benzene rings is 2. The van der Waals surface area contributed by atoms with E-state index < -0.39 is 0 Å². The molecule has 1 heterocycles. The predicted molar refractivity (Wildman–Crippen MR) is 114 cm³/mol. The topological polar surface area (TPSA) is 61.9 Å². The van der Waals surface area contributed by atoms with Gasteiger partial charge in [-0.15, -0.1) is 0 Å². The third-order valence-corrected chi connectivity index (χ3v) is 5.33. The Labute approximate surface area is 176 Å². The van der Waals surface area contributed by atoms with Crippen LogP contribution in [0.4, 0.5) is 5.69 Å². The van der Waals surface area contributed by atoms with Crippen molar-refractivity contribution in [3.05, 3.63) is 59.1 Å². The molecule has 1 aliphatic heterocycles. The normalized spacial score (nSPS) is 14.3. The maximum absolute atomic E-state index is 12.7. The van der Waals surface area contributed by atoms with Gasteiger partial charge in [-0.25, -0.2) is 0 Å². The second-order valence-electron chi connectivity index (χ2n) is 6.83. The molecule has 0 aliphatic carbocycles. The van der Waals surface area contributed by atoms with E-state index in [1.165, 1.54) is 4.90 Å². The first kappa shape index (κ1) is 21.1. The summed E-state index contributed by atoms with van der Waals surface area (Å²) in [5.41, 5.74) is 1.67. The van der Waals surface area contributed by atoms with Gasteiger partial charge in [0.2, 0.25) is 5.91 Å². The zero-order chi connectivity index (χ0) is 20.8. The van der Waals surface area contributed by atoms with Crippen LogP contribution in [0.3, 0.4) is 0 Å². The number of carbonyl (C=O) groups is 2. The Morgan fingerprint density at radius 1 is 1.21 bits per heavy atom. The molecule has 2 amide bonds. The lowest BCUT2D eigenvalue weighted by molar-refractivity contribution is -0.125. The summed E-state index contributed by atoms with van der Waals surface area (Å²) in [5.74, 6) is 0.0598. The van der Waals surface area contributed by atoms with Crippen molar-refractivity contribution in [2.75, 3.05) is 37.7 Å². The molecule has 0 aromatic heterocycles. The molecule has 2 aromatic rings. The molecule has 0 spiro atoms. The quantitative estimate of drug-likeness (QED) is 0.718. The number of anilines is 1. The minimum atomic E-state index is -0.265. The second-order valence-corrected chi connectivity index (χ2v) is 7.27. The fourth-order valence-electron chi connectivity index (χ4n) is 3.56. The van der Waals surface area contributed by atoms with Crippen molar-refractivity contribution in [1.29, 1.82) is 0 Å². The number of ether oxygens (including phenoxy) is 1. The molecule has 0 saturated carbocycles. The third kappa shape index (κ3) is 5.08. The van der Waals surface area contributed by atoms with E-state index in [9.17, 15) is 9.59 Å². The molecule has 0 fully saturated rings. The highest BCUT2D eigenvalue weighted by Gasteiger charge is 2.28. The van der Waals surface area contributed by atoms with Gasteiger partial charge in [0.05, 0.1) is 11.7 Å². The summed E-state index contributed by atoms with van der Waals surface area (Å²) in [5, 5.41) is 3.48. The van der Waals surface area contributed by atoms with Crippen LogP contribution >= 0.6 is 11.6 Å². The lowest BCUT2D eigenvalue weighted by Gasteiger charge is -2.31. The number of nitrogens with one attached hydrogen (secondary N) is 1. The number of carbonyl (C=O) groups excluding carboxylic acids is 2. The van der Waals surface area contributed by atoms with E-state index >= 15 is 0 Å². The zero-order valence-electron chi connectivity index (χ0n) is 16.7. The average molecular weight is 416 g/mol. The zero-order valence-corrected chi connectivity index (χ0v) is 17.5. The van der Waals surface area contributed by atoms with Gasteiger partial charge < -0.3 is 10.1 Å². The Morgan fingerprint density at radius 3 is 2.62 bits per heavy atom. The molecule has 1 N–H and O–H groups in total. The molecule has 29 heavy (non-hydrogen) atoms. The maximum atomic E-state index is 12.7. The summed E-state index contributed by atoms with van der Waals surface area (Å²) in [4.78, 5) is 28.7. The SMILES string of the molecule is CCN(CC)C(CNC(=O)CN1C(=O)COc2ccc(Cl)cc21)c1ccccc1. The smallest absolute Gasteiger partial charge is 0.265 e. The third-order valence-electron chi connectivity index (χ3n) is 5.10. The largest absolute Gasteiger partial charge is 0.482 e. The first-order valence-corrected chi connectivity index (χ1v) is 10.2. The van der Waals surface area contributed by atoms with E-state index in [0.29, 0.717) is 23.0 Å². The molecule has 7 heteroatoms.